The molecule has 2 aliphatic heterocycles. The fourth-order valence-electron chi connectivity index (χ4n) is 13.0. The molecule has 0 aromatic heterocycles. The van der Waals surface area contributed by atoms with E-state index in [-0.39, 0.29) is 24.3 Å². The van der Waals surface area contributed by atoms with Crippen molar-refractivity contribution in [1.82, 2.24) is 0 Å². The second-order valence-corrected chi connectivity index (χ2v) is 27.6. The minimum Gasteiger partial charge on any atom is -0.478 e. The van der Waals surface area contributed by atoms with Crippen LogP contribution in [-0.2, 0) is 52.1 Å². The summed E-state index contributed by atoms with van der Waals surface area (Å²) in [7, 11) is 0. The molecule has 10 atom stereocenters. The Bertz CT molecular complexity index is 6500. The first kappa shape index (κ1) is 98.1. The van der Waals surface area contributed by atoms with Gasteiger partial charge >= 0.3 is 143 Å². The Morgan fingerprint density at radius 3 is 0.570 bits per heavy atom. The molecule has 10 rings (SSSR count). The molecule has 135 heavy (non-hydrogen) atoms. The first-order valence-corrected chi connectivity index (χ1v) is 36.9. The van der Waals surface area contributed by atoms with E-state index in [9.17, 15) is 168 Å². The largest absolute Gasteiger partial charge is 0.478 e. The van der Waals surface area contributed by atoms with Crippen LogP contribution in [0.3, 0.4) is 0 Å². The van der Waals surface area contributed by atoms with Crippen LogP contribution < -0.4 is 0 Å². The quantitative estimate of drug-likeness (QED) is 0.0187. The number of carboxylic acid groups (broad SMARTS) is 16. The molecule has 2 heterocycles. The van der Waals surface area contributed by atoms with Crippen LogP contribution >= 0.6 is 0 Å². The molecule has 0 bridgehead atoms. The lowest BCUT2D eigenvalue weighted by Crippen LogP contribution is -2.67. The molecule has 16 N–H and O–H groups in total. The van der Waals surface area contributed by atoms with Gasteiger partial charge in [0.15, 0.2) is 30.7 Å². The Morgan fingerprint density at radius 1 is 0.185 bits per heavy atom. The van der Waals surface area contributed by atoms with Gasteiger partial charge in [-0.1, -0.05) is 0 Å². The molecule has 0 spiro atoms. The third kappa shape index (κ3) is 21.9. The van der Waals surface area contributed by atoms with Crippen LogP contribution in [-0.4, -0.2) is 300 Å². The van der Waals surface area contributed by atoms with Crippen LogP contribution in [0.5, 0.6) is 0 Å². The average molecular weight is 1880 g/mol. The van der Waals surface area contributed by atoms with Crippen molar-refractivity contribution < 1.29 is 249 Å². The Labute approximate surface area is 743 Å². The van der Waals surface area contributed by atoms with Gasteiger partial charge in [0.2, 0.25) is 12.4 Å². The van der Waals surface area contributed by atoms with Gasteiger partial charge in [0, 0.05) is 0 Å². The van der Waals surface area contributed by atoms with E-state index in [0.29, 0.717) is 121 Å². The highest BCUT2D eigenvalue weighted by Gasteiger charge is 2.60. The molecule has 2 aliphatic rings. The standard InChI is InChI=1S/C84H54O51/c85-59(86)27-1-9-35(43(17-27)67(101)102)75(117)125-25-51-53(129-77(119)37-11-3-29(61(89)90)19-45(37)69(105)106)55(130-78(120)38-12-4-30(62(91)92)20-46(38)70(107)108)57(132-80(122)40-14-6-32(64(95)96)22-48(40)72(111)112)83(127-51)134-54-52(26-126-76(118)36-10-2-28(60(87)88)18-44(36)68(103)104)128-84(135-82(124)42-16-8-34(66(99)100)24-50(42)74(115)116)58(133-81(123)41-15-7-33(65(97)98)23-49(41)73(113)114)56(54)131-79(121)39-13-5-31(63(93)94)21-47(39)71(109)110/h1-24,51-58,83-84H,25-26H2,(H,85,86)(H,87,88)(H,89,90)(H,91,92)(H,93,94)(H,95,96)(H,97,98)(H,99,100)(H,101,102)(H,103,104)(H,105,106)(H,107,108)(H,109,110)(H,111,112)(H,113,114)(H,115,116). The third-order valence-corrected chi connectivity index (χ3v) is 19.4. The first-order valence-electron chi connectivity index (χ1n) is 36.9. The number of benzene rings is 8. The molecule has 0 amide bonds. The van der Waals surface area contributed by atoms with Gasteiger partial charge in [0.25, 0.3) is 0 Å². The van der Waals surface area contributed by atoms with Crippen molar-refractivity contribution >= 4 is 143 Å². The normalized spacial score (nSPS) is 17.5. The van der Waals surface area contributed by atoms with E-state index in [0.717, 1.165) is 0 Å². The van der Waals surface area contributed by atoms with Crippen molar-refractivity contribution in [1.29, 1.82) is 0 Å². The summed E-state index contributed by atoms with van der Waals surface area (Å²) in [6.45, 7) is -3.93. The van der Waals surface area contributed by atoms with Crippen LogP contribution in [0.2, 0.25) is 0 Å². The Hall–Kier alpha value is -19.1. The Balaban J connectivity index is 1.35. The monoisotopic (exact) mass is 1880 g/mol. The summed E-state index contributed by atoms with van der Waals surface area (Å²) in [5, 5.41) is 164. The molecule has 8 aromatic rings. The number of ether oxygens (including phenoxy) is 11. The molecular weight excluding hydrogens is 1820 g/mol. The smallest absolute Gasteiger partial charge is 0.341 e. The summed E-state index contributed by atoms with van der Waals surface area (Å²) < 4.78 is 65.2. The predicted molar refractivity (Wildman–Crippen MR) is 417 cm³/mol. The summed E-state index contributed by atoms with van der Waals surface area (Å²) in [4.78, 5) is 325. The average Bonchev–Trinajstić information content (AvgIpc) is 0.750. The first-order chi connectivity index (χ1) is 63.5. The molecule has 0 saturated carbocycles. The molecular formula is C84H54O51. The number of hydrogen-bond acceptors (Lipinski definition) is 35. The molecule has 51 heteroatoms. The van der Waals surface area contributed by atoms with Crippen LogP contribution in [0.15, 0.2) is 146 Å². The van der Waals surface area contributed by atoms with Gasteiger partial charge in [-0.25, -0.2) is 115 Å². The fraction of sp³-hybridized carbons (Fsp3) is 0.143. The zero-order valence-corrected chi connectivity index (χ0v) is 66.5. The van der Waals surface area contributed by atoms with E-state index >= 15 is 28.8 Å². The summed E-state index contributed by atoms with van der Waals surface area (Å²) in [5.41, 5.74) is -29.1. The third-order valence-electron chi connectivity index (χ3n) is 19.4. The maximum atomic E-state index is 15.6. The second-order valence-electron chi connectivity index (χ2n) is 27.6. The molecule has 0 radical (unpaired) electrons. The molecule has 2 fully saturated rings. The van der Waals surface area contributed by atoms with Gasteiger partial charge in [-0.3, -0.25) is 0 Å². The molecule has 8 aromatic carbocycles. The van der Waals surface area contributed by atoms with Gasteiger partial charge in [0.05, 0.1) is 134 Å². The number of carbonyl (C=O) groups excluding carboxylic acids is 8. The van der Waals surface area contributed by atoms with Crippen LogP contribution in [0.25, 0.3) is 0 Å². The summed E-state index contributed by atoms with van der Waals surface area (Å²) in [6, 6.07) is 9.66. The Morgan fingerprint density at radius 2 is 0.356 bits per heavy atom. The second kappa shape index (κ2) is 40.5. The summed E-state index contributed by atoms with van der Waals surface area (Å²) in [6.07, 6.45) is -33.4. The lowest BCUT2D eigenvalue weighted by atomic mass is 9.95. The van der Waals surface area contributed by atoms with Gasteiger partial charge in [-0.2, -0.15) is 0 Å². The van der Waals surface area contributed by atoms with E-state index in [2.05, 4.69) is 0 Å². The number of rotatable bonds is 36. The number of esters is 8. The highest BCUT2D eigenvalue weighted by Crippen LogP contribution is 2.40. The lowest BCUT2D eigenvalue weighted by Gasteiger charge is -2.48. The summed E-state index contributed by atoms with van der Waals surface area (Å²) in [5.74, 6) is -50.7. The molecule has 2 saturated heterocycles. The van der Waals surface area contributed by atoms with Crippen molar-refractivity contribution in [3.63, 3.8) is 0 Å². The molecule has 696 valence electrons. The Kier molecular flexibility index (Phi) is 29.4. The SMILES string of the molecule is O=C(O)c1ccc(C(=O)OCC2OC(OC3C(COC(=O)c4ccc(C(=O)O)cc4C(=O)O)OC(OC(=O)c4ccc(C(=O)O)cc4C(=O)O)C(OC(=O)c4ccc(C(=O)O)cc4C(=O)O)C3OC(=O)c3ccc(C(=O)O)cc3C(=O)O)C(OC(=O)c3ccc(C(=O)O)cc3C(=O)O)C(OC(=O)c3ccc(C(=O)O)cc3C(=O)O)C2OC(=O)c2ccc(C(=O)O)cc2C(=O)O)c(C(=O)O)c1. The van der Waals surface area contributed by atoms with Crippen molar-refractivity contribution in [3.05, 3.63) is 279 Å². The number of carbonyl (C=O) groups is 24. The number of carboxylic acids is 16. The van der Waals surface area contributed by atoms with Crippen molar-refractivity contribution in [2.24, 2.45) is 0 Å². The van der Waals surface area contributed by atoms with Gasteiger partial charge < -0.3 is 134 Å². The summed E-state index contributed by atoms with van der Waals surface area (Å²) >= 11 is 0. The van der Waals surface area contributed by atoms with Gasteiger partial charge in [-0.05, 0) is 146 Å². The molecule has 0 aliphatic carbocycles. The van der Waals surface area contributed by atoms with E-state index < -0.39 is 351 Å². The van der Waals surface area contributed by atoms with E-state index in [1.54, 1.807) is 0 Å². The van der Waals surface area contributed by atoms with E-state index in [1.165, 1.54) is 0 Å². The zero-order chi connectivity index (χ0) is 99.6. The van der Waals surface area contributed by atoms with Crippen LogP contribution in [0, 0.1) is 0 Å². The fourth-order valence-corrected chi connectivity index (χ4v) is 13.0. The van der Waals surface area contributed by atoms with E-state index in [4.69, 9.17) is 52.1 Å². The highest BCUT2D eigenvalue weighted by molar-refractivity contribution is 6.11. The topological polar surface area (TPSA) is 835 Å². The maximum Gasteiger partial charge on any atom is 0.341 e. The van der Waals surface area contributed by atoms with Crippen LogP contribution in [0.1, 0.15) is 249 Å². The maximum absolute atomic E-state index is 15.6. The van der Waals surface area contributed by atoms with E-state index in [1.807, 2.05) is 0 Å². The van der Waals surface area contributed by atoms with Crippen molar-refractivity contribution in [3.8, 4) is 0 Å². The number of aromatic carboxylic acids is 16. The molecule has 10 unspecified atom stereocenters. The molecule has 51 nitrogen and oxygen atoms in total. The zero-order valence-electron chi connectivity index (χ0n) is 66.5. The predicted octanol–water partition coefficient (Wildman–Crippen LogP) is 4.69. The minimum atomic E-state index is -3.54. The lowest BCUT2D eigenvalue weighted by molar-refractivity contribution is -0.351. The number of hydrogen-bond donors (Lipinski definition) is 16. The minimum absolute atomic E-state index is 0.250. The van der Waals surface area contributed by atoms with Crippen LogP contribution in [0.4, 0.5) is 0 Å². The van der Waals surface area contributed by atoms with Crippen molar-refractivity contribution in [2.45, 2.75) is 61.4 Å². The highest BCUT2D eigenvalue weighted by atomic mass is 16.8. The van der Waals surface area contributed by atoms with Gasteiger partial charge in [0.1, 0.15) is 31.5 Å². The van der Waals surface area contributed by atoms with Gasteiger partial charge in [-0.15, -0.1) is 0 Å². The van der Waals surface area contributed by atoms with Crippen molar-refractivity contribution in [2.75, 3.05) is 13.2 Å².